The van der Waals surface area contributed by atoms with Crippen LogP contribution in [0.1, 0.15) is 0 Å². The molecule has 0 amide bonds. The molecule has 0 fully saturated rings. The van der Waals surface area contributed by atoms with E-state index in [0.717, 1.165) is 77.1 Å². The molecule has 0 bridgehead atoms. The Morgan fingerprint density at radius 1 is 0.380 bits per heavy atom. The molecule has 3 heterocycles. The third kappa shape index (κ3) is 4.60. The Hall–Kier alpha value is -6.85. The number of hydrogen-bond acceptors (Lipinski definition) is 4. The number of aromatic nitrogens is 4. The van der Waals surface area contributed by atoms with Crippen molar-refractivity contribution >= 4 is 43.7 Å². The Bertz CT molecular complexity index is 2860. The van der Waals surface area contributed by atoms with Crippen LogP contribution in [0.15, 0.2) is 174 Å². The van der Waals surface area contributed by atoms with Crippen LogP contribution in [0, 0.1) is 0 Å². The molecule has 0 spiro atoms. The van der Waals surface area contributed by atoms with Crippen LogP contribution in [-0.4, -0.2) is 19.5 Å². The van der Waals surface area contributed by atoms with E-state index in [1.54, 1.807) is 0 Å². The molecule has 3 aromatic heterocycles. The number of nitrogens with zero attached hydrogens (tertiary/aromatic N) is 4. The highest BCUT2D eigenvalue weighted by Gasteiger charge is 2.21. The zero-order valence-electron chi connectivity index (χ0n) is 26.9. The van der Waals surface area contributed by atoms with E-state index in [1.807, 2.05) is 54.6 Å². The normalized spacial score (nSPS) is 11.6. The first-order valence-electron chi connectivity index (χ1n) is 16.7. The van der Waals surface area contributed by atoms with Gasteiger partial charge in [0.25, 0.3) is 0 Å². The van der Waals surface area contributed by atoms with Crippen LogP contribution in [0.25, 0.3) is 94.7 Å². The van der Waals surface area contributed by atoms with Gasteiger partial charge in [-0.3, -0.25) is 4.57 Å². The molecule has 0 N–H and O–H groups in total. The Balaban J connectivity index is 1.24. The van der Waals surface area contributed by atoms with Crippen LogP contribution < -0.4 is 0 Å². The van der Waals surface area contributed by atoms with Crippen molar-refractivity contribution in [3.8, 4) is 51.0 Å². The minimum atomic E-state index is 0.557. The van der Waals surface area contributed by atoms with Gasteiger partial charge in [0.1, 0.15) is 11.2 Å². The molecule has 0 unspecified atom stereocenters. The fourth-order valence-electron chi connectivity index (χ4n) is 7.12. The summed E-state index contributed by atoms with van der Waals surface area (Å²) in [5.74, 6) is 1.74. The Morgan fingerprint density at radius 3 is 1.72 bits per heavy atom. The van der Waals surface area contributed by atoms with Gasteiger partial charge in [-0.2, -0.15) is 9.97 Å². The van der Waals surface area contributed by atoms with Crippen molar-refractivity contribution in [2.75, 3.05) is 0 Å². The van der Waals surface area contributed by atoms with Crippen molar-refractivity contribution < 1.29 is 4.42 Å². The summed E-state index contributed by atoms with van der Waals surface area (Å²) in [7, 11) is 0. The van der Waals surface area contributed by atoms with E-state index in [1.165, 1.54) is 0 Å². The van der Waals surface area contributed by atoms with Crippen LogP contribution in [0.4, 0.5) is 0 Å². The summed E-state index contributed by atoms with van der Waals surface area (Å²) in [4.78, 5) is 15.6. The zero-order valence-corrected chi connectivity index (χ0v) is 26.9. The first kappa shape index (κ1) is 28.2. The minimum absolute atomic E-state index is 0.557. The van der Waals surface area contributed by atoms with Crippen LogP contribution in [0.3, 0.4) is 0 Å². The van der Waals surface area contributed by atoms with Gasteiger partial charge in [-0.15, -0.1) is 0 Å². The standard InChI is InChI=1S/C45H28N4O/c1-4-13-29(14-5-1)32-23-25-35-34-19-10-11-21-38(34)49(39(35)27-32)45-47-43(31-17-8-3-9-18-31)46-44(48-45)37-20-12-22-40-42(37)36-26-24-33(28-41(36)50-40)30-15-6-2-7-16-30/h1-28H. The molecule has 0 radical (unpaired) electrons. The number of hydrogen-bond donors (Lipinski definition) is 0. The second-order valence-corrected chi connectivity index (χ2v) is 12.5. The highest BCUT2D eigenvalue weighted by atomic mass is 16.3. The molecular weight excluding hydrogens is 613 g/mol. The van der Waals surface area contributed by atoms with E-state index in [4.69, 9.17) is 19.4 Å². The van der Waals surface area contributed by atoms with E-state index < -0.39 is 0 Å². The van der Waals surface area contributed by atoms with Gasteiger partial charge in [0, 0.05) is 32.7 Å². The lowest BCUT2D eigenvalue weighted by Gasteiger charge is -2.12. The fourth-order valence-corrected chi connectivity index (χ4v) is 7.12. The van der Waals surface area contributed by atoms with Gasteiger partial charge in [-0.25, -0.2) is 4.98 Å². The highest BCUT2D eigenvalue weighted by Crippen LogP contribution is 2.39. The maximum absolute atomic E-state index is 6.49. The van der Waals surface area contributed by atoms with E-state index in [9.17, 15) is 0 Å². The van der Waals surface area contributed by atoms with Gasteiger partial charge in [0.05, 0.1) is 11.0 Å². The molecule has 10 aromatic rings. The second-order valence-electron chi connectivity index (χ2n) is 12.5. The number of furan rings is 1. The average molecular weight is 641 g/mol. The van der Waals surface area contributed by atoms with Gasteiger partial charge in [0.2, 0.25) is 5.95 Å². The molecule has 234 valence electrons. The summed E-state index contributed by atoms with van der Waals surface area (Å²) in [6.07, 6.45) is 0. The molecule has 0 saturated heterocycles. The molecule has 7 aromatic carbocycles. The second kappa shape index (κ2) is 11.4. The topological polar surface area (TPSA) is 56.7 Å². The van der Waals surface area contributed by atoms with Crippen LogP contribution in [0.2, 0.25) is 0 Å². The Labute approximate surface area is 287 Å². The summed E-state index contributed by atoms with van der Waals surface area (Å²) in [6.45, 7) is 0. The summed E-state index contributed by atoms with van der Waals surface area (Å²) < 4.78 is 8.66. The average Bonchev–Trinajstić information content (AvgIpc) is 3.74. The minimum Gasteiger partial charge on any atom is -0.456 e. The molecule has 0 saturated carbocycles. The van der Waals surface area contributed by atoms with E-state index >= 15 is 0 Å². The predicted octanol–water partition coefficient (Wildman–Crippen LogP) is 11.5. The number of para-hydroxylation sites is 1. The van der Waals surface area contributed by atoms with Crippen molar-refractivity contribution in [2.45, 2.75) is 0 Å². The summed E-state index contributed by atoms with van der Waals surface area (Å²) in [5.41, 5.74) is 10.0. The third-order valence-corrected chi connectivity index (χ3v) is 9.48. The van der Waals surface area contributed by atoms with Crippen molar-refractivity contribution in [3.05, 3.63) is 170 Å². The van der Waals surface area contributed by atoms with E-state index in [-0.39, 0.29) is 0 Å². The zero-order chi connectivity index (χ0) is 33.0. The largest absolute Gasteiger partial charge is 0.456 e. The van der Waals surface area contributed by atoms with Crippen LogP contribution in [0.5, 0.6) is 0 Å². The summed E-state index contributed by atoms with van der Waals surface area (Å²) in [6, 6.07) is 58.6. The van der Waals surface area contributed by atoms with E-state index in [0.29, 0.717) is 17.6 Å². The van der Waals surface area contributed by atoms with Gasteiger partial charge >= 0.3 is 0 Å². The maximum Gasteiger partial charge on any atom is 0.238 e. The smallest absolute Gasteiger partial charge is 0.238 e. The number of benzene rings is 7. The van der Waals surface area contributed by atoms with Crippen molar-refractivity contribution in [2.24, 2.45) is 0 Å². The lowest BCUT2D eigenvalue weighted by Crippen LogP contribution is -2.06. The monoisotopic (exact) mass is 640 g/mol. The lowest BCUT2D eigenvalue weighted by molar-refractivity contribution is 0.669. The SMILES string of the molecule is c1ccc(-c2ccc3c(c2)oc2cccc(-c4nc(-c5ccccc5)nc(-n5c6ccccc6c6ccc(-c7ccccc7)cc65)n4)c23)cc1. The summed E-state index contributed by atoms with van der Waals surface area (Å²) in [5, 5.41) is 4.28. The van der Waals surface area contributed by atoms with Crippen molar-refractivity contribution in [3.63, 3.8) is 0 Å². The molecule has 0 aliphatic rings. The first-order chi connectivity index (χ1) is 24.8. The van der Waals surface area contributed by atoms with Gasteiger partial charge in [-0.05, 0) is 52.6 Å². The van der Waals surface area contributed by atoms with E-state index in [2.05, 4.69) is 120 Å². The molecule has 10 rings (SSSR count). The third-order valence-electron chi connectivity index (χ3n) is 9.48. The molecular formula is C45H28N4O. The van der Waals surface area contributed by atoms with Crippen LogP contribution >= 0.6 is 0 Å². The number of rotatable bonds is 5. The Kier molecular flexibility index (Phi) is 6.42. The van der Waals surface area contributed by atoms with Gasteiger partial charge in [-0.1, -0.05) is 140 Å². The molecule has 0 atom stereocenters. The molecule has 5 nitrogen and oxygen atoms in total. The molecule has 50 heavy (non-hydrogen) atoms. The quantitative estimate of drug-likeness (QED) is 0.188. The molecule has 0 aliphatic heterocycles. The predicted molar refractivity (Wildman–Crippen MR) is 203 cm³/mol. The molecule has 5 heteroatoms. The van der Waals surface area contributed by atoms with Crippen LogP contribution in [-0.2, 0) is 0 Å². The summed E-state index contributed by atoms with van der Waals surface area (Å²) >= 11 is 0. The molecule has 0 aliphatic carbocycles. The van der Waals surface area contributed by atoms with Gasteiger partial charge < -0.3 is 4.42 Å². The first-order valence-corrected chi connectivity index (χ1v) is 16.7. The highest BCUT2D eigenvalue weighted by molar-refractivity contribution is 6.13. The lowest BCUT2D eigenvalue weighted by atomic mass is 10.0. The van der Waals surface area contributed by atoms with Crippen molar-refractivity contribution in [1.29, 1.82) is 0 Å². The maximum atomic E-state index is 6.49. The van der Waals surface area contributed by atoms with Crippen molar-refractivity contribution in [1.82, 2.24) is 19.5 Å². The van der Waals surface area contributed by atoms with Gasteiger partial charge in [0.15, 0.2) is 11.6 Å². The Morgan fingerprint density at radius 2 is 0.980 bits per heavy atom. The fraction of sp³-hybridized carbons (Fsp3) is 0. The number of fused-ring (bicyclic) bond motifs is 6.